The molecule has 0 spiro atoms. The minimum Gasteiger partial charge on any atom is -0.456 e. The van der Waals surface area contributed by atoms with Gasteiger partial charge in [-0.25, -0.2) is 15.0 Å². The molecule has 0 aliphatic rings. The van der Waals surface area contributed by atoms with Crippen LogP contribution in [0.2, 0.25) is 0 Å². The molecule has 0 saturated carbocycles. The Morgan fingerprint density at radius 1 is 0.246 bits per heavy atom. The smallest absolute Gasteiger partial charge is 0.164 e. The molecule has 0 atom stereocenters. The van der Waals surface area contributed by atoms with Crippen molar-refractivity contribution in [2.24, 2.45) is 0 Å². The molecule has 11 rings (SSSR count). The molecule has 0 saturated heterocycles. The summed E-state index contributed by atoms with van der Waals surface area (Å²) in [5.41, 5.74) is 15.9. The summed E-state index contributed by atoms with van der Waals surface area (Å²) < 4.78 is 6.54. The first-order valence-corrected chi connectivity index (χ1v) is 20.5. The van der Waals surface area contributed by atoms with E-state index in [4.69, 9.17) is 19.4 Å². The van der Waals surface area contributed by atoms with Gasteiger partial charge < -0.3 is 4.42 Å². The molecule has 0 N–H and O–H groups in total. The molecule has 286 valence electrons. The van der Waals surface area contributed by atoms with Gasteiger partial charge in [0.05, 0.1) is 0 Å². The van der Waals surface area contributed by atoms with Gasteiger partial charge in [-0.1, -0.05) is 194 Å². The molecule has 4 nitrogen and oxygen atoms in total. The van der Waals surface area contributed by atoms with E-state index >= 15 is 0 Å². The lowest BCUT2D eigenvalue weighted by molar-refractivity contribution is 0.669. The largest absolute Gasteiger partial charge is 0.456 e. The average molecular weight is 780 g/mol. The van der Waals surface area contributed by atoms with Crippen LogP contribution in [-0.4, -0.2) is 15.0 Å². The van der Waals surface area contributed by atoms with E-state index in [0.29, 0.717) is 17.5 Å². The minimum atomic E-state index is 0.586. The van der Waals surface area contributed by atoms with E-state index in [2.05, 4.69) is 176 Å². The third kappa shape index (κ3) is 6.96. The van der Waals surface area contributed by atoms with Crippen LogP contribution < -0.4 is 0 Å². The summed E-state index contributed by atoms with van der Waals surface area (Å²) in [6.45, 7) is 0. The van der Waals surface area contributed by atoms with E-state index in [0.717, 1.165) is 66.4 Å². The van der Waals surface area contributed by atoms with Crippen LogP contribution in [-0.2, 0) is 0 Å². The first-order valence-electron chi connectivity index (χ1n) is 20.5. The normalized spacial score (nSPS) is 11.3. The van der Waals surface area contributed by atoms with Gasteiger partial charge in [-0.2, -0.15) is 0 Å². The third-order valence-corrected chi connectivity index (χ3v) is 11.4. The second-order valence-corrected chi connectivity index (χ2v) is 15.2. The van der Waals surface area contributed by atoms with E-state index in [1.54, 1.807) is 0 Å². The topological polar surface area (TPSA) is 51.8 Å². The lowest BCUT2D eigenvalue weighted by Crippen LogP contribution is -2.00. The highest BCUT2D eigenvalue weighted by molar-refractivity contribution is 6.13. The van der Waals surface area contributed by atoms with Crippen molar-refractivity contribution in [3.63, 3.8) is 0 Å². The van der Waals surface area contributed by atoms with Gasteiger partial charge >= 0.3 is 0 Å². The molecule has 0 aliphatic heterocycles. The zero-order valence-corrected chi connectivity index (χ0v) is 33.1. The Morgan fingerprint density at radius 3 is 1.39 bits per heavy atom. The summed E-state index contributed by atoms with van der Waals surface area (Å²) in [4.78, 5) is 15.3. The Morgan fingerprint density at radius 2 is 0.705 bits per heavy atom. The molecule has 2 aromatic heterocycles. The molecule has 9 aromatic carbocycles. The van der Waals surface area contributed by atoms with Crippen molar-refractivity contribution < 1.29 is 4.42 Å². The maximum atomic E-state index is 6.54. The quantitative estimate of drug-likeness (QED) is 0.154. The number of fused-ring (bicyclic) bond motifs is 3. The molecule has 11 aromatic rings. The lowest BCUT2D eigenvalue weighted by Gasteiger charge is -2.14. The maximum Gasteiger partial charge on any atom is 0.164 e. The van der Waals surface area contributed by atoms with Crippen molar-refractivity contribution >= 4 is 21.9 Å². The molecule has 0 aliphatic carbocycles. The van der Waals surface area contributed by atoms with Crippen LogP contribution in [0.5, 0.6) is 0 Å². The Balaban J connectivity index is 1.05. The van der Waals surface area contributed by atoms with E-state index in [1.807, 2.05) is 48.5 Å². The van der Waals surface area contributed by atoms with Gasteiger partial charge in [0, 0.05) is 27.5 Å². The van der Waals surface area contributed by atoms with Crippen molar-refractivity contribution in [3.8, 4) is 89.8 Å². The van der Waals surface area contributed by atoms with Crippen molar-refractivity contribution in [2.45, 2.75) is 0 Å². The fraction of sp³-hybridized carbons (Fsp3) is 0. The van der Waals surface area contributed by atoms with Gasteiger partial charge in [0.2, 0.25) is 0 Å². The summed E-state index contributed by atoms with van der Waals surface area (Å²) in [5, 5.41) is 1.96. The predicted molar refractivity (Wildman–Crippen MR) is 251 cm³/mol. The number of benzene rings is 9. The number of nitrogens with zero attached hydrogens (tertiary/aromatic N) is 3. The summed E-state index contributed by atoms with van der Waals surface area (Å²) in [5.74, 6) is 1.81. The predicted octanol–water partition coefficient (Wildman–Crippen LogP) is 15.1. The van der Waals surface area contributed by atoms with Crippen molar-refractivity contribution in [1.29, 1.82) is 0 Å². The van der Waals surface area contributed by atoms with Crippen LogP contribution in [0.4, 0.5) is 0 Å². The monoisotopic (exact) mass is 779 g/mol. The Bertz CT molecular complexity index is 3320. The van der Waals surface area contributed by atoms with Crippen molar-refractivity contribution in [2.75, 3.05) is 0 Å². The highest BCUT2D eigenvalue weighted by atomic mass is 16.3. The Kier molecular flexibility index (Phi) is 9.14. The lowest BCUT2D eigenvalue weighted by atomic mass is 9.89. The van der Waals surface area contributed by atoms with E-state index < -0.39 is 0 Å². The number of hydrogen-bond acceptors (Lipinski definition) is 4. The summed E-state index contributed by atoms with van der Waals surface area (Å²) in [7, 11) is 0. The van der Waals surface area contributed by atoms with Crippen LogP contribution in [0.1, 0.15) is 0 Å². The number of furan rings is 1. The molecular weight excluding hydrogens is 743 g/mol. The first kappa shape index (κ1) is 35.9. The number of aromatic nitrogens is 3. The Labute approximate surface area is 354 Å². The second kappa shape index (κ2) is 15.5. The zero-order chi connectivity index (χ0) is 40.5. The summed E-state index contributed by atoms with van der Waals surface area (Å²) in [6.07, 6.45) is 0. The van der Waals surface area contributed by atoms with E-state index in [1.165, 1.54) is 27.8 Å². The number of rotatable bonds is 8. The highest BCUT2D eigenvalue weighted by Gasteiger charge is 2.19. The molecule has 0 bridgehead atoms. The molecule has 0 unspecified atom stereocenters. The van der Waals surface area contributed by atoms with Crippen LogP contribution in [0.25, 0.3) is 112 Å². The fourth-order valence-corrected chi connectivity index (χ4v) is 8.31. The van der Waals surface area contributed by atoms with Crippen LogP contribution >= 0.6 is 0 Å². The van der Waals surface area contributed by atoms with E-state index in [9.17, 15) is 0 Å². The number of hydrogen-bond donors (Lipinski definition) is 0. The first-order chi connectivity index (χ1) is 30.2. The molecular formula is C57H37N3O. The van der Waals surface area contributed by atoms with Gasteiger partial charge in [-0.3, -0.25) is 0 Å². The van der Waals surface area contributed by atoms with Crippen LogP contribution in [0.15, 0.2) is 229 Å². The van der Waals surface area contributed by atoms with Crippen LogP contribution in [0, 0.1) is 0 Å². The van der Waals surface area contributed by atoms with Crippen molar-refractivity contribution in [3.05, 3.63) is 224 Å². The molecule has 0 fully saturated rings. The SMILES string of the molecule is c1ccc(-c2ccc(-c3nc(-c4ccccc4)nc(-c4cccc5oc6ccc(-c7ccc(-c8ccccc8)c(-c8cccc(-c9ccccc9)c8)c7)cc6c45)n3)cc2)cc1. The zero-order valence-electron chi connectivity index (χ0n) is 33.1. The second-order valence-electron chi connectivity index (χ2n) is 15.2. The molecule has 2 heterocycles. The maximum absolute atomic E-state index is 6.54. The van der Waals surface area contributed by atoms with Gasteiger partial charge in [-0.05, 0) is 86.0 Å². The van der Waals surface area contributed by atoms with Crippen LogP contribution in [0.3, 0.4) is 0 Å². The highest BCUT2D eigenvalue weighted by Crippen LogP contribution is 2.41. The molecule has 0 amide bonds. The third-order valence-electron chi connectivity index (χ3n) is 11.4. The standard InChI is InChI=1S/C57H37N3O/c1-5-15-38(16-6-1)40-27-29-43(30-28-40)56-58-55(42-21-11-4-12-22-42)59-57(60-56)49-25-14-26-53-54(49)51-37-46(32-34-52(51)61-53)45-31-33-48(41-19-9-3-10-20-41)50(36-45)47-24-13-23-44(35-47)39-17-7-2-8-18-39/h1-37H. The van der Waals surface area contributed by atoms with Gasteiger partial charge in [0.25, 0.3) is 0 Å². The molecule has 4 heteroatoms. The molecule has 0 radical (unpaired) electrons. The van der Waals surface area contributed by atoms with Crippen molar-refractivity contribution in [1.82, 2.24) is 15.0 Å². The fourth-order valence-electron chi connectivity index (χ4n) is 8.31. The molecule has 61 heavy (non-hydrogen) atoms. The summed E-state index contributed by atoms with van der Waals surface area (Å²) in [6, 6.07) is 78.3. The van der Waals surface area contributed by atoms with Gasteiger partial charge in [0.15, 0.2) is 17.5 Å². The van der Waals surface area contributed by atoms with Gasteiger partial charge in [0.1, 0.15) is 11.2 Å². The van der Waals surface area contributed by atoms with E-state index in [-0.39, 0.29) is 0 Å². The minimum absolute atomic E-state index is 0.586. The Hall–Kier alpha value is -8.21. The van der Waals surface area contributed by atoms with Gasteiger partial charge in [-0.15, -0.1) is 0 Å². The summed E-state index contributed by atoms with van der Waals surface area (Å²) >= 11 is 0. The average Bonchev–Trinajstić information content (AvgIpc) is 3.73.